The molecule has 3 fully saturated rings. The van der Waals surface area contributed by atoms with Crippen molar-refractivity contribution in [3.8, 4) is 0 Å². The van der Waals surface area contributed by atoms with Crippen molar-refractivity contribution < 1.29 is 40.1 Å². The molecule has 3 rings (SSSR count). The Labute approximate surface area is 122 Å². The molecule has 5 unspecified atom stereocenters. The van der Waals surface area contributed by atoms with Crippen LogP contribution in [0.15, 0.2) is 0 Å². The molecule has 8 heteroatoms. The molecule has 0 aromatic rings. The Hall–Kier alpha value is -0.320. The van der Waals surface area contributed by atoms with Gasteiger partial charge >= 0.3 is 0 Å². The minimum Gasteiger partial charge on any atom is -0.394 e. The zero-order chi connectivity index (χ0) is 15.8. The van der Waals surface area contributed by atoms with E-state index in [1.165, 1.54) is 0 Å². The minimum absolute atomic E-state index is 0.153. The number of hydrogen-bond donors (Lipinski definition) is 6. The number of fused-ring (bicyclic) bond motifs is 3. The Kier molecular flexibility index (Phi) is 4.91. The Balaban J connectivity index is 2.10. The highest BCUT2D eigenvalue weighted by Crippen LogP contribution is 2.48. The first-order chi connectivity index (χ1) is 9.80. The van der Waals surface area contributed by atoms with Crippen LogP contribution >= 0.6 is 0 Å². The third-order valence-electron chi connectivity index (χ3n) is 4.54. The molecule has 2 saturated heterocycles. The van der Waals surface area contributed by atoms with E-state index in [0.29, 0.717) is 6.42 Å². The molecule has 2 aliphatic heterocycles. The van der Waals surface area contributed by atoms with Crippen LogP contribution in [0.2, 0.25) is 0 Å². The standard InChI is InChI=1S/C13H24O8/c1-2-9-12(19)3-4-13(21-9,11(18)10(12)17)20-6-8(16)7(15)5-14/h7-11,14-19H,2-6H2,1H3/t7?,8?,9-,10?,11?,12?,13-/m1/s1. The molecule has 1 aliphatic carbocycles. The average molecular weight is 308 g/mol. The van der Waals surface area contributed by atoms with Crippen LogP contribution in [0.25, 0.3) is 0 Å². The van der Waals surface area contributed by atoms with Crippen molar-refractivity contribution in [2.24, 2.45) is 0 Å². The maximum Gasteiger partial charge on any atom is 0.197 e. The molecular weight excluding hydrogens is 284 g/mol. The van der Waals surface area contributed by atoms with Crippen LogP contribution in [0.3, 0.4) is 0 Å². The first-order valence-electron chi connectivity index (χ1n) is 7.18. The number of ether oxygens (including phenoxy) is 2. The number of hydrogen-bond acceptors (Lipinski definition) is 8. The summed E-state index contributed by atoms with van der Waals surface area (Å²) in [6, 6.07) is 0. The Morgan fingerprint density at radius 2 is 1.86 bits per heavy atom. The van der Waals surface area contributed by atoms with E-state index >= 15 is 0 Å². The maximum atomic E-state index is 10.4. The second kappa shape index (κ2) is 6.05. The fourth-order valence-electron chi connectivity index (χ4n) is 3.09. The van der Waals surface area contributed by atoms with Crippen LogP contribution in [-0.2, 0) is 9.47 Å². The summed E-state index contributed by atoms with van der Waals surface area (Å²) in [6.45, 7) is 0.780. The lowest BCUT2D eigenvalue weighted by Gasteiger charge is -2.59. The van der Waals surface area contributed by atoms with E-state index < -0.39 is 48.5 Å². The Morgan fingerprint density at radius 1 is 1.19 bits per heavy atom. The fraction of sp³-hybridized carbons (Fsp3) is 1.00. The van der Waals surface area contributed by atoms with Crippen LogP contribution in [0.4, 0.5) is 0 Å². The third-order valence-corrected chi connectivity index (χ3v) is 4.54. The molecular formula is C13H24O8. The first-order valence-corrected chi connectivity index (χ1v) is 7.18. The molecule has 2 bridgehead atoms. The van der Waals surface area contributed by atoms with E-state index in [4.69, 9.17) is 14.6 Å². The topological polar surface area (TPSA) is 140 Å². The lowest BCUT2D eigenvalue weighted by Crippen LogP contribution is -2.75. The Bertz CT molecular complexity index is 362. The normalized spacial score (nSPS) is 45.6. The summed E-state index contributed by atoms with van der Waals surface area (Å²) < 4.78 is 11.1. The van der Waals surface area contributed by atoms with Gasteiger partial charge in [0.05, 0.1) is 19.3 Å². The molecule has 0 radical (unpaired) electrons. The molecule has 21 heavy (non-hydrogen) atoms. The van der Waals surface area contributed by atoms with Gasteiger partial charge in [0.15, 0.2) is 5.79 Å². The van der Waals surface area contributed by atoms with Crippen molar-refractivity contribution in [1.82, 2.24) is 0 Å². The van der Waals surface area contributed by atoms with Gasteiger partial charge in [-0.1, -0.05) is 6.92 Å². The predicted molar refractivity (Wildman–Crippen MR) is 69.1 cm³/mol. The van der Waals surface area contributed by atoms with Crippen LogP contribution in [0.1, 0.15) is 26.2 Å². The molecule has 124 valence electrons. The van der Waals surface area contributed by atoms with E-state index in [2.05, 4.69) is 0 Å². The van der Waals surface area contributed by atoms with E-state index in [0.717, 1.165) is 0 Å². The van der Waals surface area contributed by atoms with Gasteiger partial charge in [-0.2, -0.15) is 0 Å². The van der Waals surface area contributed by atoms with Gasteiger partial charge in [0.2, 0.25) is 0 Å². The molecule has 8 nitrogen and oxygen atoms in total. The Morgan fingerprint density at radius 3 is 2.43 bits per heavy atom. The van der Waals surface area contributed by atoms with Crippen molar-refractivity contribution in [3.05, 3.63) is 0 Å². The summed E-state index contributed by atoms with van der Waals surface area (Å²) in [5.41, 5.74) is -1.51. The zero-order valence-corrected chi connectivity index (χ0v) is 11.9. The van der Waals surface area contributed by atoms with Crippen LogP contribution in [0.5, 0.6) is 0 Å². The second-order valence-corrected chi connectivity index (χ2v) is 5.84. The first kappa shape index (κ1) is 17.0. The minimum atomic E-state index is -1.53. The van der Waals surface area contributed by atoms with E-state index in [9.17, 15) is 25.5 Å². The van der Waals surface area contributed by atoms with Crippen molar-refractivity contribution in [2.75, 3.05) is 13.2 Å². The summed E-state index contributed by atoms with van der Waals surface area (Å²) in [7, 11) is 0. The summed E-state index contributed by atoms with van der Waals surface area (Å²) in [6.07, 6.45) is -5.50. The monoisotopic (exact) mass is 308 g/mol. The van der Waals surface area contributed by atoms with Crippen LogP contribution < -0.4 is 0 Å². The lowest BCUT2D eigenvalue weighted by molar-refractivity contribution is -0.417. The van der Waals surface area contributed by atoms with E-state index in [1.807, 2.05) is 0 Å². The van der Waals surface area contributed by atoms with Crippen molar-refractivity contribution in [1.29, 1.82) is 0 Å². The molecule has 0 spiro atoms. The van der Waals surface area contributed by atoms with Gasteiger partial charge in [0.25, 0.3) is 0 Å². The van der Waals surface area contributed by atoms with E-state index in [-0.39, 0.29) is 19.4 Å². The predicted octanol–water partition coefficient (Wildman–Crippen LogP) is -2.53. The zero-order valence-electron chi connectivity index (χ0n) is 11.9. The third kappa shape index (κ3) is 2.71. The average Bonchev–Trinajstić information content (AvgIpc) is 2.50. The highest BCUT2D eigenvalue weighted by atomic mass is 16.7. The quantitative estimate of drug-likeness (QED) is 0.316. The molecule has 2 heterocycles. The van der Waals surface area contributed by atoms with Crippen molar-refractivity contribution in [2.45, 2.75) is 68.1 Å². The molecule has 1 saturated carbocycles. The van der Waals surface area contributed by atoms with Gasteiger partial charge in [0.1, 0.15) is 30.0 Å². The van der Waals surface area contributed by atoms with Gasteiger partial charge in [0, 0.05) is 6.42 Å². The highest BCUT2D eigenvalue weighted by Gasteiger charge is 2.65. The number of aliphatic hydroxyl groups excluding tert-OH is 5. The molecule has 0 aromatic heterocycles. The van der Waals surface area contributed by atoms with E-state index in [1.54, 1.807) is 6.92 Å². The fourth-order valence-corrected chi connectivity index (χ4v) is 3.09. The van der Waals surface area contributed by atoms with Gasteiger partial charge in [-0.05, 0) is 12.8 Å². The summed E-state index contributed by atoms with van der Waals surface area (Å²) in [5, 5.41) is 58.4. The lowest BCUT2D eigenvalue weighted by atomic mass is 9.70. The van der Waals surface area contributed by atoms with Gasteiger partial charge in [-0.15, -0.1) is 0 Å². The highest BCUT2D eigenvalue weighted by molar-refractivity contribution is 5.11. The largest absolute Gasteiger partial charge is 0.394 e. The van der Waals surface area contributed by atoms with Crippen molar-refractivity contribution in [3.63, 3.8) is 0 Å². The van der Waals surface area contributed by atoms with Crippen LogP contribution in [-0.4, -0.2) is 85.8 Å². The molecule has 6 N–H and O–H groups in total. The number of rotatable bonds is 6. The molecule has 3 aliphatic rings. The summed E-state index contributed by atoms with van der Waals surface area (Å²) in [5.74, 6) is -1.53. The summed E-state index contributed by atoms with van der Waals surface area (Å²) in [4.78, 5) is 0. The summed E-state index contributed by atoms with van der Waals surface area (Å²) >= 11 is 0. The molecule has 0 aromatic carbocycles. The maximum absolute atomic E-state index is 10.4. The van der Waals surface area contributed by atoms with Gasteiger partial charge < -0.3 is 40.1 Å². The van der Waals surface area contributed by atoms with Crippen LogP contribution in [0, 0.1) is 0 Å². The number of aliphatic hydroxyl groups is 6. The molecule has 7 atom stereocenters. The SMILES string of the molecule is CC[C@H]1O[C@]2(OCC(O)C(O)CO)CCC1(O)C(O)C2O. The smallest absolute Gasteiger partial charge is 0.197 e. The molecule has 0 amide bonds. The van der Waals surface area contributed by atoms with Gasteiger partial charge in [-0.25, -0.2) is 0 Å². The van der Waals surface area contributed by atoms with Gasteiger partial charge in [-0.3, -0.25) is 0 Å². The second-order valence-electron chi connectivity index (χ2n) is 5.84. The van der Waals surface area contributed by atoms with Crippen molar-refractivity contribution >= 4 is 0 Å².